The van der Waals surface area contributed by atoms with Gasteiger partial charge in [-0.05, 0) is 30.7 Å². The van der Waals surface area contributed by atoms with Crippen LogP contribution in [-0.2, 0) is 13.0 Å². The van der Waals surface area contributed by atoms with E-state index in [4.69, 9.17) is 16.3 Å². The number of methoxy groups -OCH3 is 1. The first-order valence-electron chi connectivity index (χ1n) is 9.50. The second-order valence-corrected chi connectivity index (χ2v) is 7.06. The van der Waals surface area contributed by atoms with Crippen LogP contribution in [0.5, 0.6) is 5.75 Å². The van der Waals surface area contributed by atoms with E-state index >= 15 is 0 Å². The first-order chi connectivity index (χ1) is 14.1. The van der Waals surface area contributed by atoms with Crippen molar-refractivity contribution in [3.05, 3.63) is 82.1 Å². The molecule has 1 N–H and O–H groups in total. The van der Waals surface area contributed by atoms with Crippen LogP contribution in [0.15, 0.2) is 48.7 Å². The van der Waals surface area contributed by atoms with E-state index in [-0.39, 0.29) is 18.0 Å². The van der Waals surface area contributed by atoms with E-state index in [1.165, 1.54) is 7.11 Å². The number of ether oxygens (including phenoxy) is 1. The molecule has 0 aliphatic rings. The predicted octanol–water partition coefficient (Wildman–Crippen LogP) is 5.78. The normalized spacial score (nSPS) is 10.9. The molecule has 0 atom stereocenters. The Morgan fingerprint density at radius 2 is 1.76 bits per heavy atom. The fourth-order valence-corrected chi connectivity index (χ4v) is 3.47. The molecule has 0 saturated carbocycles. The molecule has 0 aliphatic heterocycles. The highest BCUT2D eigenvalue weighted by molar-refractivity contribution is 6.34. The predicted molar refractivity (Wildman–Crippen MR) is 112 cm³/mol. The molecule has 29 heavy (non-hydrogen) atoms. The van der Waals surface area contributed by atoms with E-state index in [0.29, 0.717) is 39.5 Å². The smallest absolute Gasteiger partial charge is 0.172 e. The molecule has 2 aromatic carbocycles. The molecule has 1 heterocycles. The van der Waals surface area contributed by atoms with Gasteiger partial charge in [-0.15, -0.1) is 0 Å². The van der Waals surface area contributed by atoms with Gasteiger partial charge in [0.2, 0.25) is 0 Å². The Hall–Kier alpha value is -2.50. The minimum atomic E-state index is -0.484. The molecule has 152 valence electrons. The van der Waals surface area contributed by atoms with Crippen molar-refractivity contribution in [1.29, 1.82) is 0 Å². The fraction of sp³-hybridized carbons (Fsp3) is 0.261. The Balaban J connectivity index is 1.93. The van der Waals surface area contributed by atoms with Gasteiger partial charge in [-0.3, -0.25) is 4.98 Å². The quantitative estimate of drug-likeness (QED) is 0.473. The summed E-state index contributed by atoms with van der Waals surface area (Å²) in [5.41, 5.74) is 2.42. The number of halogens is 3. The third-order valence-corrected chi connectivity index (χ3v) is 5.14. The molecule has 6 heteroatoms. The van der Waals surface area contributed by atoms with Gasteiger partial charge in [-0.2, -0.15) is 0 Å². The van der Waals surface area contributed by atoms with Crippen LogP contribution in [0.1, 0.15) is 30.2 Å². The molecule has 0 saturated heterocycles. The number of hydrogen-bond acceptors (Lipinski definition) is 3. The molecule has 3 aromatic rings. The molecule has 0 amide bonds. The van der Waals surface area contributed by atoms with Gasteiger partial charge in [0.1, 0.15) is 5.82 Å². The van der Waals surface area contributed by atoms with Crippen molar-refractivity contribution < 1.29 is 13.5 Å². The fourth-order valence-electron chi connectivity index (χ4n) is 3.17. The van der Waals surface area contributed by atoms with Gasteiger partial charge in [-0.25, -0.2) is 8.78 Å². The highest BCUT2D eigenvalue weighted by atomic mass is 35.5. The number of aromatic nitrogens is 1. The lowest BCUT2D eigenvalue weighted by molar-refractivity contribution is 0.387. The molecule has 0 fully saturated rings. The zero-order chi connectivity index (χ0) is 20.8. The third-order valence-electron chi connectivity index (χ3n) is 4.69. The van der Waals surface area contributed by atoms with E-state index < -0.39 is 5.82 Å². The summed E-state index contributed by atoms with van der Waals surface area (Å²) in [6.45, 7) is 3.32. The van der Waals surface area contributed by atoms with Gasteiger partial charge in [0, 0.05) is 35.9 Å². The summed E-state index contributed by atoms with van der Waals surface area (Å²) in [5.74, 6) is -0.684. The van der Waals surface area contributed by atoms with Crippen molar-refractivity contribution in [2.24, 2.45) is 0 Å². The number of nitrogens with zero attached hydrogens (tertiary/aromatic N) is 1. The van der Waals surface area contributed by atoms with Crippen LogP contribution in [0.4, 0.5) is 8.78 Å². The molecule has 0 spiro atoms. The summed E-state index contributed by atoms with van der Waals surface area (Å²) in [5, 5.41) is 3.57. The number of hydrogen-bond donors (Lipinski definition) is 1. The van der Waals surface area contributed by atoms with Crippen LogP contribution < -0.4 is 10.1 Å². The number of benzene rings is 2. The maximum Gasteiger partial charge on any atom is 0.172 e. The number of pyridine rings is 1. The van der Waals surface area contributed by atoms with Crippen molar-refractivity contribution >= 4 is 11.6 Å². The maximum absolute atomic E-state index is 14.9. The van der Waals surface area contributed by atoms with Crippen molar-refractivity contribution in [2.75, 3.05) is 13.7 Å². The molecular weight excluding hydrogens is 394 g/mol. The topological polar surface area (TPSA) is 34.2 Å². The number of nitrogens with one attached hydrogen (secondary N) is 1. The van der Waals surface area contributed by atoms with Gasteiger partial charge in [0.05, 0.1) is 17.8 Å². The summed E-state index contributed by atoms with van der Waals surface area (Å²) in [7, 11) is 1.41. The van der Waals surface area contributed by atoms with E-state index in [1.807, 2.05) is 0 Å². The largest absolute Gasteiger partial charge is 0.494 e. The van der Waals surface area contributed by atoms with Gasteiger partial charge < -0.3 is 10.1 Å². The third kappa shape index (κ3) is 4.74. The van der Waals surface area contributed by atoms with Crippen LogP contribution in [0, 0.1) is 11.6 Å². The molecule has 0 unspecified atom stereocenters. The first kappa shape index (κ1) is 21.2. The van der Waals surface area contributed by atoms with Gasteiger partial charge in [0.25, 0.3) is 0 Å². The Morgan fingerprint density at radius 3 is 2.52 bits per heavy atom. The summed E-state index contributed by atoms with van der Waals surface area (Å²) >= 11 is 6.59. The summed E-state index contributed by atoms with van der Waals surface area (Å²) in [6, 6.07) is 11.9. The second kappa shape index (κ2) is 9.81. The minimum Gasteiger partial charge on any atom is -0.494 e. The van der Waals surface area contributed by atoms with Crippen molar-refractivity contribution in [3.8, 4) is 16.9 Å². The average Bonchev–Trinajstić information content (AvgIpc) is 2.73. The minimum absolute atomic E-state index is 0.143. The molecule has 0 bridgehead atoms. The zero-order valence-corrected chi connectivity index (χ0v) is 17.2. The zero-order valence-electron chi connectivity index (χ0n) is 16.4. The van der Waals surface area contributed by atoms with E-state index in [1.54, 1.807) is 48.7 Å². The van der Waals surface area contributed by atoms with Gasteiger partial charge in [-0.1, -0.05) is 48.9 Å². The van der Waals surface area contributed by atoms with Crippen molar-refractivity contribution in [2.45, 2.75) is 26.3 Å². The van der Waals surface area contributed by atoms with Gasteiger partial charge >= 0.3 is 0 Å². The lowest BCUT2D eigenvalue weighted by Crippen LogP contribution is -2.15. The first-order valence-corrected chi connectivity index (χ1v) is 9.87. The Kier molecular flexibility index (Phi) is 7.18. The van der Waals surface area contributed by atoms with E-state index in [2.05, 4.69) is 17.2 Å². The Morgan fingerprint density at radius 1 is 1.00 bits per heavy atom. The van der Waals surface area contributed by atoms with Crippen molar-refractivity contribution in [1.82, 2.24) is 10.3 Å². The molecule has 0 radical (unpaired) electrons. The molecule has 0 aliphatic carbocycles. The van der Waals surface area contributed by atoms with Crippen LogP contribution >= 0.6 is 11.6 Å². The van der Waals surface area contributed by atoms with Crippen LogP contribution in [0.2, 0.25) is 5.02 Å². The average molecular weight is 417 g/mol. The van der Waals surface area contributed by atoms with Crippen molar-refractivity contribution in [3.63, 3.8) is 0 Å². The second-order valence-electron chi connectivity index (χ2n) is 6.68. The standard InChI is InChI=1S/C23H23ClF2N2O/c1-3-11-27-14-16-10-12-28-19(22(16)25)13-15-6-4-7-17(21(15)24)18-8-5-9-20(29-2)23(18)26/h4-10,12,27H,3,11,13-14H2,1-2H3. The molecule has 3 rings (SSSR count). The lowest BCUT2D eigenvalue weighted by atomic mass is 9.99. The molecular formula is C23H23ClF2N2O. The van der Waals surface area contributed by atoms with Crippen LogP contribution in [0.3, 0.4) is 0 Å². The van der Waals surface area contributed by atoms with E-state index in [0.717, 1.165) is 13.0 Å². The molecule has 3 nitrogen and oxygen atoms in total. The summed E-state index contributed by atoms with van der Waals surface area (Å²) in [6.07, 6.45) is 2.79. The summed E-state index contributed by atoms with van der Waals surface area (Å²) in [4.78, 5) is 4.20. The summed E-state index contributed by atoms with van der Waals surface area (Å²) < 4.78 is 34.6. The lowest BCUT2D eigenvalue weighted by Gasteiger charge is -2.13. The van der Waals surface area contributed by atoms with E-state index in [9.17, 15) is 8.78 Å². The SMILES string of the molecule is CCCNCc1ccnc(Cc2cccc(-c3cccc(OC)c3F)c2Cl)c1F. The van der Waals surface area contributed by atoms with Gasteiger partial charge in [0.15, 0.2) is 11.6 Å². The Labute approximate surface area is 174 Å². The highest BCUT2D eigenvalue weighted by Crippen LogP contribution is 2.36. The number of rotatable bonds is 8. The monoisotopic (exact) mass is 416 g/mol. The highest BCUT2D eigenvalue weighted by Gasteiger charge is 2.17. The molecule has 1 aromatic heterocycles. The maximum atomic E-state index is 14.9. The van der Waals surface area contributed by atoms with Crippen LogP contribution in [-0.4, -0.2) is 18.6 Å². The van der Waals surface area contributed by atoms with Crippen LogP contribution in [0.25, 0.3) is 11.1 Å². The Bertz CT molecular complexity index is 995.